The Hall–Kier alpha value is -3.15. The Balaban J connectivity index is 1.53. The van der Waals surface area contributed by atoms with Crippen LogP contribution in [0.15, 0.2) is 65.8 Å². The summed E-state index contributed by atoms with van der Waals surface area (Å²) in [6.45, 7) is 3.08. The molecule has 2 N–H and O–H groups in total. The molecule has 0 bridgehead atoms. The molecule has 6 heteroatoms. The van der Waals surface area contributed by atoms with Crippen LogP contribution in [0.4, 0.5) is 4.39 Å². The molecule has 0 radical (unpaired) electrons. The van der Waals surface area contributed by atoms with E-state index in [0.29, 0.717) is 24.8 Å². The van der Waals surface area contributed by atoms with Crippen molar-refractivity contribution in [1.29, 1.82) is 0 Å². The van der Waals surface area contributed by atoms with Crippen LogP contribution in [-0.4, -0.2) is 30.6 Å². The van der Waals surface area contributed by atoms with Gasteiger partial charge in [-0.05, 0) is 36.8 Å². The molecular weight excluding hydrogens is 343 g/mol. The highest BCUT2D eigenvalue weighted by atomic mass is 19.1. The fourth-order valence-electron chi connectivity index (χ4n) is 2.76. The Morgan fingerprint density at radius 2 is 2.00 bits per heavy atom. The van der Waals surface area contributed by atoms with Crippen molar-refractivity contribution < 1.29 is 9.13 Å². The highest BCUT2D eigenvalue weighted by molar-refractivity contribution is 5.83. The molecule has 140 valence electrons. The van der Waals surface area contributed by atoms with E-state index in [-0.39, 0.29) is 11.9 Å². The average Bonchev–Trinajstić information content (AvgIpc) is 2.68. The van der Waals surface area contributed by atoms with Gasteiger partial charge >= 0.3 is 0 Å². The van der Waals surface area contributed by atoms with Gasteiger partial charge in [-0.1, -0.05) is 24.3 Å². The molecule has 0 saturated carbocycles. The highest BCUT2D eigenvalue weighted by Crippen LogP contribution is 2.16. The van der Waals surface area contributed by atoms with E-state index in [1.165, 1.54) is 12.1 Å². The van der Waals surface area contributed by atoms with Crippen molar-refractivity contribution in [2.24, 2.45) is 4.99 Å². The van der Waals surface area contributed by atoms with Crippen LogP contribution in [-0.2, 0) is 6.54 Å². The number of para-hydroxylation sites is 1. The number of nitrogens with zero attached hydrogens (tertiary/aromatic N) is 2. The normalized spacial score (nSPS) is 12.6. The third-order valence-electron chi connectivity index (χ3n) is 4.10. The standard InChI is InChI=1S/C21H23FN4O/c1-15(27-18-7-5-6-17(22)12-18)13-25-21(23-2)26-14-16-10-11-24-20-9-4-3-8-19(16)20/h3-12,15H,13-14H2,1-2H3,(H2,23,25,26). The fraction of sp³-hybridized carbons (Fsp3) is 0.238. The smallest absolute Gasteiger partial charge is 0.191 e. The molecule has 0 amide bonds. The minimum Gasteiger partial charge on any atom is -0.489 e. The summed E-state index contributed by atoms with van der Waals surface area (Å²) < 4.78 is 18.9. The lowest BCUT2D eigenvalue weighted by atomic mass is 10.1. The van der Waals surface area contributed by atoms with Gasteiger partial charge in [-0.3, -0.25) is 9.98 Å². The summed E-state index contributed by atoms with van der Waals surface area (Å²) in [4.78, 5) is 8.62. The summed E-state index contributed by atoms with van der Waals surface area (Å²) in [6, 6.07) is 16.2. The summed E-state index contributed by atoms with van der Waals surface area (Å²) in [5, 5.41) is 7.65. The zero-order valence-corrected chi connectivity index (χ0v) is 15.4. The number of guanidine groups is 1. The third kappa shape index (κ3) is 5.17. The predicted octanol–water partition coefficient (Wildman–Crippen LogP) is 3.51. The minimum absolute atomic E-state index is 0.146. The maximum Gasteiger partial charge on any atom is 0.191 e. The van der Waals surface area contributed by atoms with Crippen molar-refractivity contribution in [3.63, 3.8) is 0 Å². The monoisotopic (exact) mass is 366 g/mol. The Labute approximate surface area is 158 Å². The van der Waals surface area contributed by atoms with E-state index in [4.69, 9.17) is 4.74 Å². The van der Waals surface area contributed by atoms with Gasteiger partial charge in [0.15, 0.2) is 5.96 Å². The van der Waals surface area contributed by atoms with E-state index >= 15 is 0 Å². The number of halogens is 1. The molecular formula is C21H23FN4O. The molecule has 0 aliphatic carbocycles. The van der Waals surface area contributed by atoms with Crippen molar-refractivity contribution in [3.8, 4) is 5.75 Å². The molecule has 1 aromatic heterocycles. The van der Waals surface area contributed by atoms with E-state index in [9.17, 15) is 4.39 Å². The van der Waals surface area contributed by atoms with Gasteiger partial charge in [0.05, 0.1) is 12.1 Å². The second kappa shape index (κ2) is 8.98. The number of benzene rings is 2. The van der Waals surface area contributed by atoms with E-state index in [1.807, 2.05) is 37.4 Å². The number of hydrogen-bond donors (Lipinski definition) is 2. The zero-order chi connectivity index (χ0) is 19.1. The molecule has 1 heterocycles. The first-order chi connectivity index (χ1) is 13.2. The Bertz CT molecular complexity index is 923. The van der Waals surface area contributed by atoms with Crippen molar-refractivity contribution in [3.05, 3.63) is 72.2 Å². The molecule has 27 heavy (non-hydrogen) atoms. The lowest BCUT2D eigenvalue weighted by Gasteiger charge is -2.18. The third-order valence-corrected chi connectivity index (χ3v) is 4.10. The summed E-state index contributed by atoms with van der Waals surface area (Å²) >= 11 is 0. The largest absolute Gasteiger partial charge is 0.489 e. The predicted molar refractivity (Wildman–Crippen MR) is 106 cm³/mol. The molecule has 1 atom stereocenters. The second-order valence-corrected chi connectivity index (χ2v) is 6.18. The average molecular weight is 366 g/mol. The van der Waals surface area contributed by atoms with Crippen molar-refractivity contribution in [1.82, 2.24) is 15.6 Å². The summed E-state index contributed by atoms with van der Waals surface area (Å²) in [6.07, 6.45) is 1.66. The number of aromatic nitrogens is 1. The van der Waals surface area contributed by atoms with Gasteiger partial charge in [0.2, 0.25) is 0 Å². The first kappa shape index (κ1) is 18.6. The van der Waals surface area contributed by atoms with Crippen LogP contribution >= 0.6 is 0 Å². The molecule has 2 aromatic carbocycles. The Morgan fingerprint density at radius 3 is 2.81 bits per heavy atom. The van der Waals surface area contributed by atoms with Crippen molar-refractivity contribution in [2.75, 3.05) is 13.6 Å². The highest BCUT2D eigenvalue weighted by Gasteiger charge is 2.07. The first-order valence-electron chi connectivity index (χ1n) is 8.85. The van der Waals surface area contributed by atoms with E-state index in [1.54, 1.807) is 19.2 Å². The number of aliphatic imine (C=N–C) groups is 1. The number of hydrogen-bond acceptors (Lipinski definition) is 3. The van der Waals surface area contributed by atoms with Crippen LogP contribution in [0.1, 0.15) is 12.5 Å². The quantitative estimate of drug-likeness (QED) is 0.518. The van der Waals surface area contributed by atoms with Crippen LogP contribution < -0.4 is 15.4 Å². The molecule has 5 nitrogen and oxygen atoms in total. The van der Waals surface area contributed by atoms with E-state index in [2.05, 4.69) is 26.7 Å². The first-order valence-corrected chi connectivity index (χ1v) is 8.85. The molecule has 3 aromatic rings. The van der Waals surface area contributed by atoms with Crippen LogP contribution in [0.2, 0.25) is 0 Å². The second-order valence-electron chi connectivity index (χ2n) is 6.18. The van der Waals surface area contributed by atoms with E-state index < -0.39 is 0 Å². The molecule has 1 unspecified atom stereocenters. The van der Waals surface area contributed by atoms with Gasteiger partial charge < -0.3 is 15.4 Å². The Morgan fingerprint density at radius 1 is 1.15 bits per heavy atom. The molecule has 0 fully saturated rings. The van der Waals surface area contributed by atoms with E-state index in [0.717, 1.165) is 16.5 Å². The molecule has 0 spiro atoms. The summed E-state index contributed by atoms with van der Waals surface area (Å²) in [5.74, 6) is 0.871. The van der Waals surface area contributed by atoms with Crippen molar-refractivity contribution in [2.45, 2.75) is 19.6 Å². The Kier molecular flexibility index (Phi) is 6.20. The van der Waals surface area contributed by atoms with Crippen LogP contribution in [0, 0.1) is 5.82 Å². The van der Waals surface area contributed by atoms with Gasteiger partial charge in [0.25, 0.3) is 0 Å². The van der Waals surface area contributed by atoms with Crippen LogP contribution in [0.25, 0.3) is 10.9 Å². The van der Waals surface area contributed by atoms with Crippen LogP contribution in [0.3, 0.4) is 0 Å². The van der Waals surface area contributed by atoms with Gasteiger partial charge in [0, 0.05) is 31.2 Å². The number of pyridine rings is 1. The summed E-state index contributed by atoms with van der Waals surface area (Å²) in [5.41, 5.74) is 2.12. The number of rotatable bonds is 6. The molecule has 0 aliphatic rings. The zero-order valence-electron chi connectivity index (χ0n) is 15.4. The van der Waals surface area contributed by atoms with Gasteiger partial charge in [-0.25, -0.2) is 4.39 Å². The van der Waals surface area contributed by atoms with Gasteiger partial charge in [-0.2, -0.15) is 0 Å². The van der Waals surface area contributed by atoms with Crippen LogP contribution in [0.5, 0.6) is 5.75 Å². The summed E-state index contributed by atoms with van der Waals surface area (Å²) in [7, 11) is 1.72. The minimum atomic E-state index is -0.310. The molecule has 3 rings (SSSR count). The number of ether oxygens (including phenoxy) is 1. The fourth-order valence-corrected chi connectivity index (χ4v) is 2.76. The maximum absolute atomic E-state index is 13.2. The van der Waals surface area contributed by atoms with Gasteiger partial charge in [-0.15, -0.1) is 0 Å². The number of fused-ring (bicyclic) bond motifs is 1. The van der Waals surface area contributed by atoms with Gasteiger partial charge in [0.1, 0.15) is 17.7 Å². The topological polar surface area (TPSA) is 58.5 Å². The number of nitrogens with one attached hydrogen (secondary N) is 2. The lowest BCUT2D eigenvalue weighted by molar-refractivity contribution is 0.223. The SMILES string of the molecule is CN=C(NCc1ccnc2ccccc12)NCC(C)Oc1cccc(F)c1. The molecule has 0 aliphatic heterocycles. The van der Waals surface area contributed by atoms with Crippen molar-refractivity contribution >= 4 is 16.9 Å². The lowest BCUT2D eigenvalue weighted by Crippen LogP contribution is -2.41. The molecule has 0 saturated heterocycles. The maximum atomic E-state index is 13.2.